The number of unbranched alkanes of at least 4 members (excludes halogenated alkanes) is 4. The SMILES string of the molecule is CCCCCCCOCO[Si](C)C. The monoisotopic (exact) mass is 203 g/mol. The topological polar surface area (TPSA) is 18.5 Å². The zero-order valence-electron chi connectivity index (χ0n) is 9.27. The molecule has 0 fully saturated rings. The molecule has 0 aromatic heterocycles. The Morgan fingerprint density at radius 1 is 1.00 bits per heavy atom. The van der Waals surface area contributed by atoms with Crippen molar-refractivity contribution in [1.82, 2.24) is 0 Å². The Morgan fingerprint density at radius 3 is 2.31 bits per heavy atom. The van der Waals surface area contributed by atoms with E-state index in [0.717, 1.165) is 6.61 Å². The maximum atomic E-state index is 5.35. The van der Waals surface area contributed by atoms with Gasteiger partial charge in [0, 0.05) is 6.61 Å². The Bertz CT molecular complexity index is 96.9. The Morgan fingerprint density at radius 2 is 1.69 bits per heavy atom. The zero-order valence-corrected chi connectivity index (χ0v) is 10.3. The largest absolute Gasteiger partial charge is 0.395 e. The van der Waals surface area contributed by atoms with Gasteiger partial charge >= 0.3 is 0 Å². The zero-order chi connectivity index (χ0) is 9.94. The van der Waals surface area contributed by atoms with Gasteiger partial charge in [-0.15, -0.1) is 0 Å². The van der Waals surface area contributed by atoms with Crippen LogP contribution in [0.5, 0.6) is 0 Å². The van der Waals surface area contributed by atoms with E-state index in [4.69, 9.17) is 9.16 Å². The van der Waals surface area contributed by atoms with Crippen molar-refractivity contribution in [1.29, 1.82) is 0 Å². The molecule has 0 rings (SSSR count). The van der Waals surface area contributed by atoms with Crippen LogP contribution in [0.25, 0.3) is 0 Å². The van der Waals surface area contributed by atoms with Gasteiger partial charge in [0.15, 0.2) is 0 Å². The summed E-state index contributed by atoms with van der Waals surface area (Å²) in [7, 11) is -0.561. The Labute approximate surface area is 84.4 Å². The fourth-order valence-electron chi connectivity index (χ4n) is 1.03. The van der Waals surface area contributed by atoms with Crippen LogP contribution in [0.2, 0.25) is 13.1 Å². The molecule has 79 valence electrons. The minimum atomic E-state index is -0.561. The molecule has 0 atom stereocenters. The normalized spacial score (nSPS) is 11.1. The number of hydrogen-bond acceptors (Lipinski definition) is 2. The second kappa shape index (κ2) is 10.2. The van der Waals surface area contributed by atoms with Gasteiger partial charge in [0.1, 0.15) is 6.79 Å². The molecule has 0 heterocycles. The van der Waals surface area contributed by atoms with Crippen molar-refractivity contribution in [3.63, 3.8) is 0 Å². The Hall–Kier alpha value is 0.137. The highest BCUT2D eigenvalue weighted by atomic mass is 28.3. The van der Waals surface area contributed by atoms with Crippen LogP contribution in [0, 0.1) is 0 Å². The van der Waals surface area contributed by atoms with Crippen LogP contribution in [0.1, 0.15) is 39.0 Å². The molecule has 0 unspecified atom stereocenters. The number of rotatable bonds is 9. The van der Waals surface area contributed by atoms with E-state index in [1.54, 1.807) is 0 Å². The van der Waals surface area contributed by atoms with Crippen LogP contribution >= 0.6 is 0 Å². The van der Waals surface area contributed by atoms with Crippen molar-refractivity contribution in [3.05, 3.63) is 0 Å². The molecule has 3 heteroatoms. The molecule has 0 aromatic rings. The maximum Gasteiger partial charge on any atom is 0.208 e. The molecule has 0 saturated carbocycles. The average Bonchev–Trinajstić information content (AvgIpc) is 2.09. The lowest BCUT2D eigenvalue weighted by Gasteiger charge is -2.06. The van der Waals surface area contributed by atoms with Crippen LogP contribution in [0.4, 0.5) is 0 Å². The van der Waals surface area contributed by atoms with Crippen LogP contribution in [0.3, 0.4) is 0 Å². The van der Waals surface area contributed by atoms with Crippen LogP contribution < -0.4 is 0 Å². The Kier molecular flexibility index (Phi) is 10.3. The summed E-state index contributed by atoms with van der Waals surface area (Å²) in [5.74, 6) is 0. The highest BCUT2D eigenvalue weighted by Crippen LogP contribution is 2.02. The maximum absolute atomic E-state index is 5.35. The molecule has 0 bridgehead atoms. The van der Waals surface area contributed by atoms with Gasteiger partial charge in [0.2, 0.25) is 9.04 Å². The van der Waals surface area contributed by atoms with E-state index in [2.05, 4.69) is 20.0 Å². The van der Waals surface area contributed by atoms with E-state index in [1.165, 1.54) is 32.1 Å². The van der Waals surface area contributed by atoms with Crippen molar-refractivity contribution in [3.8, 4) is 0 Å². The molecular weight excluding hydrogens is 180 g/mol. The van der Waals surface area contributed by atoms with Gasteiger partial charge in [0.05, 0.1) is 0 Å². The van der Waals surface area contributed by atoms with E-state index in [-0.39, 0.29) is 0 Å². The van der Waals surface area contributed by atoms with Crippen molar-refractivity contribution in [2.24, 2.45) is 0 Å². The fourth-order valence-corrected chi connectivity index (χ4v) is 1.35. The quantitative estimate of drug-likeness (QED) is 0.325. The average molecular weight is 203 g/mol. The van der Waals surface area contributed by atoms with Gasteiger partial charge in [0.25, 0.3) is 0 Å². The predicted octanol–water partition coefficient (Wildman–Crippen LogP) is 3.20. The van der Waals surface area contributed by atoms with E-state index >= 15 is 0 Å². The van der Waals surface area contributed by atoms with E-state index in [9.17, 15) is 0 Å². The van der Waals surface area contributed by atoms with E-state index < -0.39 is 9.04 Å². The van der Waals surface area contributed by atoms with Gasteiger partial charge in [-0.3, -0.25) is 0 Å². The molecule has 0 saturated heterocycles. The first-order valence-corrected chi connectivity index (χ1v) is 7.69. The summed E-state index contributed by atoms with van der Waals surface area (Å²) in [6.07, 6.45) is 6.48. The van der Waals surface area contributed by atoms with Crippen LogP contribution in [-0.2, 0) is 9.16 Å². The van der Waals surface area contributed by atoms with Crippen LogP contribution in [0.15, 0.2) is 0 Å². The summed E-state index contributed by atoms with van der Waals surface area (Å²) >= 11 is 0. The number of ether oxygens (including phenoxy) is 1. The first kappa shape index (κ1) is 13.1. The molecule has 0 aliphatic heterocycles. The van der Waals surface area contributed by atoms with E-state index in [1.807, 2.05) is 0 Å². The van der Waals surface area contributed by atoms with Gasteiger partial charge in [-0.25, -0.2) is 0 Å². The third-order valence-electron chi connectivity index (χ3n) is 1.82. The van der Waals surface area contributed by atoms with Crippen molar-refractivity contribution >= 4 is 9.04 Å². The van der Waals surface area contributed by atoms with Crippen molar-refractivity contribution in [2.75, 3.05) is 13.4 Å². The fraction of sp³-hybridized carbons (Fsp3) is 1.00. The minimum absolute atomic E-state index is 0.495. The molecule has 0 N–H and O–H groups in total. The predicted molar refractivity (Wildman–Crippen MR) is 58.1 cm³/mol. The van der Waals surface area contributed by atoms with E-state index in [0.29, 0.717) is 6.79 Å². The molecule has 0 spiro atoms. The standard InChI is InChI=1S/C10H23O2Si/c1-4-5-6-7-8-9-11-10-12-13(2)3/h4-10H2,1-3H3. The summed E-state index contributed by atoms with van der Waals surface area (Å²) in [6.45, 7) is 7.83. The van der Waals surface area contributed by atoms with Crippen LogP contribution in [-0.4, -0.2) is 22.4 Å². The number of hydrogen-bond donors (Lipinski definition) is 0. The first-order chi connectivity index (χ1) is 6.27. The highest BCUT2D eigenvalue weighted by molar-refractivity contribution is 6.48. The second-order valence-corrected chi connectivity index (χ2v) is 5.60. The third kappa shape index (κ3) is 12.1. The summed E-state index contributed by atoms with van der Waals surface area (Å²) in [5.41, 5.74) is 0. The second-order valence-electron chi connectivity index (χ2n) is 3.49. The van der Waals surface area contributed by atoms with Gasteiger partial charge in [-0.2, -0.15) is 0 Å². The lowest BCUT2D eigenvalue weighted by Crippen LogP contribution is -2.11. The third-order valence-corrected chi connectivity index (χ3v) is 2.52. The molecule has 0 aromatic carbocycles. The summed E-state index contributed by atoms with van der Waals surface area (Å²) < 4.78 is 10.7. The lowest BCUT2D eigenvalue weighted by atomic mass is 10.2. The van der Waals surface area contributed by atoms with Gasteiger partial charge in [-0.05, 0) is 19.5 Å². The molecular formula is C10H23O2Si. The van der Waals surface area contributed by atoms with Crippen molar-refractivity contribution < 1.29 is 9.16 Å². The first-order valence-electron chi connectivity index (χ1n) is 5.28. The van der Waals surface area contributed by atoms with Gasteiger partial charge in [-0.1, -0.05) is 32.6 Å². The molecule has 0 aliphatic rings. The summed E-state index contributed by atoms with van der Waals surface area (Å²) in [4.78, 5) is 0. The highest BCUT2D eigenvalue weighted by Gasteiger charge is 1.95. The lowest BCUT2D eigenvalue weighted by molar-refractivity contribution is 0.0126. The molecule has 0 aliphatic carbocycles. The van der Waals surface area contributed by atoms with Gasteiger partial charge < -0.3 is 9.16 Å². The molecule has 0 amide bonds. The summed E-state index contributed by atoms with van der Waals surface area (Å²) in [6, 6.07) is 0. The molecule has 2 nitrogen and oxygen atoms in total. The van der Waals surface area contributed by atoms with Crippen molar-refractivity contribution in [2.45, 2.75) is 52.1 Å². The molecule has 13 heavy (non-hydrogen) atoms. The summed E-state index contributed by atoms with van der Waals surface area (Å²) in [5, 5.41) is 0. The Balaban J connectivity index is 2.84. The molecule has 1 radical (unpaired) electrons. The minimum Gasteiger partial charge on any atom is -0.395 e. The smallest absolute Gasteiger partial charge is 0.208 e.